The van der Waals surface area contributed by atoms with Crippen molar-refractivity contribution in [2.45, 2.75) is 0 Å². The van der Waals surface area contributed by atoms with Gasteiger partial charge in [0.25, 0.3) is 11.8 Å². The summed E-state index contributed by atoms with van der Waals surface area (Å²) in [5.41, 5.74) is 0.992. The number of anilines is 1. The predicted molar refractivity (Wildman–Crippen MR) is 102 cm³/mol. The minimum atomic E-state index is -0.715. The summed E-state index contributed by atoms with van der Waals surface area (Å²) in [6, 6.07) is 10.5. The highest BCUT2D eigenvalue weighted by molar-refractivity contribution is 6.44. The van der Waals surface area contributed by atoms with E-state index in [1.165, 1.54) is 49.1 Å². The van der Waals surface area contributed by atoms with Crippen molar-refractivity contribution in [3.63, 3.8) is 0 Å². The fourth-order valence-electron chi connectivity index (χ4n) is 3.01. The van der Waals surface area contributed by atoms with Gasteiger partial charge in [-0.05, 0) is 47.6 Å². The first kappa shape index (κ1) is 17.2. The summed E-state index contributed by atoms with van der Waals surface area (Å²) < 4.78 is 0. The maximum Gasteiger partial charge on any atom is 0.269 e. The van der Waals surface area contributed by atoms with Crippen LogP contribution in [0.3, 0.4) is 0 Å². The molecule has 1 aliphatic heterocycles. The second-order valence-electron chi connectivity index (χ2n) is 5.95. The lowest BCUT2D eigenvalue weighted by Crippen LogP contribution is -2.33. The fraction of sp³-hybridized carbons (Fsp3) is 0. The van der Waals surface area contributed by atoms with Crippen LogP contribution in [0.15, 0.2) is 72.4 Å². The van der Waals surface area contributed by atoms with E-state index in [0.717, 1.165) is 4.90 Å². The van der Waals surface area contributed by atoms with E-state index in [2.05, 4.69) is 15.1 Å². The molecule has 1 aromatic carbocycles. The van der Waals surface area contributed by atoms with Crippen molar-refractivity contribution in [1.29, 1.82) is 0 Å². The van der Waals surface area contributed by atoms with E-state index < -0.39 is 11.8 Å². The average molecular weight is 372 g/mol. The van der Waals surface area contributed by atoms with Crippen LogP contribution in [-0.4, -0.2) is 26.9 Å². The minimum absolute atomic E-state index is 0.0534. The smallest absolute Gasteiger partial charge is 0.269 e. The number of amides is 2. The van der Waals surface area contributed by atoms with E-state index in [4.69, 9.17) is 0 Å². The van der Waals surface area contributed by atoms with Crippen molar-refractivity contribution >= 4 is 34.5 Å². The van der Waals surface area contributed by atoms with Crippen LogP contribution in [0.5, 0.6) is 0 Å². The van der Waals surface area contributed by atoms with E-state index >= 15 is 0 Å². The van der Waals surface area contributed by atoms with Gasteiger partial charge >= 0.3 is 0 Å². The zero-order chi connectivity index (χ0) is 19.7. The van der Waals surface area contributed by atoms with E-state index in [9.17, 15) is 19.6 Å². The van der Waals surface area contributed by atoms with Crippen LogP contribution in [0.25, 0.3) is 11.3 Å². The molecule has 0 spiro atoms. The predicted octanol–water partition coefficient (Wildman–Crippen LogP) is 3.49. The van der Waals surface area contributed by atoms with Gasteiger partial charge in [0.1, 0.15) is 11.4 Å². The number of pyridine rings is 2. The molecule has 0 saturated carbocycles. The summed E-state index contributed by atoms with van der Waals surface area (Å²) in [6.45, 7) is 0. The van der Waals surface area contributed by atoms with Crippen LogP contribution in [0, 0.1) is 4.91 Å². The number of aliphatic hydroxyl groups excluding tert-OH is 1. The summed E-state index contributed by atoms with van der Waals surface area (Å²) in [4.78, 5) is 45.8. The van der Waals surface area contributed by atoms with Crippen molar-refractivity contribution in [2.24, 2.45) is 5.18 Å². The Balaban J connectivity index is 1.92. The SMILES string of the molecule is O=Nc1ccc2c(c1)N(C(=O)c1cccnc1)C(=O)/C2=C(\O)c1cccnc1. The molecule has 0 bridgehead atoms. The number of nitrogens with zero attached hydrogens (tertiary/aromatic N) is 4. The van der Waals surface area contributed by atoms with Gasteiger partial charge in [0.05, 0.1) is 16.8 Å². The molecular weight excluding hydrogens is 360 g/mol. The zero-order valence-corrected chi connectivity index (χ0v) is 14.3. The van der Waals surface area contributed by atoms with E-state index in [0.29, 0.717) is 11.1 Å². The molecule has 136 valence electrons. The number of imide groups is 1. The Morgan fingerprint density at radius 3 is 2.29 bits per heavy atom. The number of nitroso groups, excluding NO2 is 1. The van der Waals surface area contributed by atoms with Crippen LogP contribution in [0.1, 0.15) is 21.5 Å². The maximum absolute atomic E-state index is 13.1. The van der Waals surface area contributed by atoms with Gasteiger partial charge in [0, 0.05) is 35.9 Å². The molecule has 1 N–H and O–H groups in total. The molecule has 0 radical (unpaired) electrons. The molecule has 3 heterocycles. The van der Waals surface area contributed by atoms with Gasteiger partial charge in [0.15, 0.2) is 0 Å². The van der Waals surface area contributed by atoms with Crippen LogP contribution in [0.2, 0.25) is 0 Å². The van der Waals surface area contributed by atoms with Gasteiger partial charge < -0.3 is 5.11 Å². The largest absolute Gasteiger partial charge is 0.506 e. The molecule has 0 fully saturated rings. The second kappa shape index (κ2) is 6.84. The molecule has 2 amide bonds. The quantitative estimate of drug-likeness (QED) is 0.326. The third-order valence-electron chi connectivity index (χ3n) is 4.30. The normalized spacial score (nSPS) is 14.6. The van der Waals surface area contributed by atoms with Gasteiger partial charge in [-0.1, -0.05) is 0 Å². The summed E-state index contributed by atoms with van der Waals surface area (Å²) in [6.07, 6.45) is 5.78. The number of hydrogen-bond donors (Lipinski definition) is 1. The number of rotatable bonds is 3. The highest BCUT2D eigenvalue weighted by Crippen LogP contribution is 2.42. The minimum Gasteiger partial charge on any atom is -0.506 e. The standard InChI is InChI=1S/C20H12N4O4/c25-18(12-3-1-7-21-10-12)17-15-6-5-14(23-28)9-16(15)24(20(17)27)19(26)13-4-2-8-22-11-13/h1-11,25H/b18-17-. The molecule has 8 nitrogen and oxygen atoms in total. The van der Waals surface area contributed by atoms with Gasteiger partial charge in [-0.25, -0.2) is 4.90 Å². The van der Waals surface area contributed by atoms with Crippen LogP contribution in [0.4, 0.5) is 11.4 Å². The Morgan fingerprint density at radius 1 is 1.00 bits per heavy atom. The summed E-state index contributed by atoms with van der Waals surface area (Å²) in [7, 11) is 0. The number of carbonyl (C=O) groups is 2. The Hall–Kier alpha value is -4.20. The third kappa shape index (κ3) is 2.73. The molecule has 0 unspecified atom stereocenters. The first-order chi connectivity index (χ1) is 13.6. The maximum atomic E-state index is 13.1. The lowest BCUT2D eigenvalue weighted by atomic mass is 10.0. The van der Waals surface area contributed by atoms with Gasteiger partial charge in [-0.2, -0.15) is 0 Å². The summed E-state index contributed by atoms with van der Waals surface area (Å²) in [5.74, 6) is -1.66. The molecular formula is C20H12N4O4. The molecule has 3 aromatic rings. The van der Waals surface area contributed by atoms with E-state index in [1.807, 2.05) is 0 Å². The van der Waals surface area contributed by atoms with Crippen LogP contribution < -0.4 is 4.90 Å². The van der Waals surface area contributed by atoms with E-state index in [1.54, 1.807) is 18.2 Å². The summed E-state index contributed by atoms with van der Waals surface area (Å²) in [5, 5.41) is 13.6. The highest BCUT2D eigenvalue weighted by Gasteiger charge is 2.40. The lowest BCUT2D eigenvalue weighted by Gasteiger charge is -2.15. The average Bonchev–Trinajstić information content (AvgIpc) is 3.04. The number of fused-ring (bicyclic) bond motifs is 1. The molecule has 4 rings (SSSR count). The molecule has 1 aliphatic rings. The molecule has 28 heavy (non-hydrogen) atoms. The molecule has 0 saturated heterocycles. The number of aromatic nitrogens is 2. The van der Waals surface area contributed by atoms with Gasteiger partial charge in [-0.15, -0.1) is 4.91 Å². The van der Waals surface area contributed by atoms with Crippen molar-refractivity contribution in [2.75, 3.05) is 4.90 Å². The number of benzene rings is 1. The lowest BCUT2D eigenvalue weighted by molar-refractivity contribution is -0.112. The van der Waals surface area contributed by atoms with Crippen molar-refractivity contribution in [3.05, 3.63) is 88.8 Å². The van der Waals surface area contributed by atoms with Gasteiger partial charge in [0.2, 0.25) is 0 Å². The number of hydrogen-bond acceptors (Lipinski definition) is 7. The van der Waals surface area contributed by atoms with Crippen LogP contribution >= 0.6 is 0 Å². The molecule has 0 aliphatic carbocycles. The monoisotopic (exact) mass is 372 g/mol. The van der Waals surface area contributed by atoms with Crippen LogP contribution in [-0.2, 0) is 4.79 Å². The Bertz CT molecular complexity index is 1130. The zero-order valence-electron chi connectivity index (χ0n) is 14.3. The van der Waals surface area contributed by atoms with E-state index in [-0.39, 0.29) is 28.3 Å². The van der Waals surface area contributed by atoms with Crippen molar-refractivity contribution in [1.82, 2.24) is 9.97 Å². The number of carbonyl (C=O) groups excluding carboxylic acids is 2. The second-order valence-corrected chi connectivity index (χ2v) is 5.95. The highest BCUT2D eigenvalue weighted by atomic mass is 16.3. The van der Waals surface area contributed by atoms with Crippen molar-refractivity contribution in [3.8, 4) is 0 Å². The first-order valence-electron chi connectivity index (χ1n) is 8.22. The summed E-state index contributed by atoms with van der Waals surface area (Å²) >= 11 is 0. The molecule has 0 atom stereocenters. The van der Waals surface area contributed by atoms with Crippen molar-refractivity contribution < 1.29 is 14.7 Å². The first-order valence-corrected chi connectivity index (χ1v) is 8.22. The molecule has 2 aromatic heterocycles. The Kier molecular flexibility index (Phi) is 4.21. The fourth-order valence-corrected chi connectivity index (χ4v) is 3.01. The number of aliphatic hydroxyl groups is 1. The topological polar surface area (TPSA) is 113 Å². The molecule has 8 heteroatoms. The Morgan fingerprint density at radius 2 is 1.68 bits per heavy atom. The third-order valence-corrected chi connectivity index (χ3v) is 4.30. The Labute approximate surface area is 158 Å². The van der Waals surface area contributed by atoms with Gasteiger partial charge in [-0.3, -0.25) is 19.6 Å².